The number of benzene rings is 1. The zero-order valence-electron chi connectivity index (χ0n) is 15.2. The molecule has 0 saturated carbocycles. The number of ether oxygens (including phenoxy) is 1. The fourth-order valence-corrected chi connectivity index (χ4v) is 3.73. The van der Waals surface area contributed by atoms with Crippen LogP contribution in [0.15, 0.2) is 24.3 Å². The highest BCUT2D eigenvalue weighted by molar-refractivity contribution is 7.88. The van der Waals surface area contributed by atoms with E-state index in [9.17, 15) is 13.2 Å². The quantitative estimate of drug-likeness (QED) is 0.798. The Morgan fingerprint density at radius 1 is 1.24 bits per heavy atom. The monoisotopic (exact) mass is 368 g/mol. The molecule has 1 aliphatic rings. The molecule has 25 heavy (non-hydrogen) atoms. The number of piperidine rings is 1. The van der Waals surface area contributed by atoms with Gasteiger partial charge in [-0.3, -0.25) is 4.79 Å². The second-order valence-corrected chi connectivity index (χ2v) is 8.90. The van der Waals surface area contributed by atoms with Crippen molar-refractivity contribution in [3.05, 3.63) is 29.8 Å². The minimum atomic E-state index is -3.10. The number of rotatable bonds is 7. The molecular formula is C18H28N2O4S. The average Bonchev–Trinajstić information content (AvgIpc) is 2.58. The molecule has 0 aliphatic carbocycles. The third-order valence-corrected chi connectivity index (χ3v) is 5.85. The van der Waals surface area contributed by atoms with Crippen LogP contribution in [-0.2, 0) is 14.8 Å². The van der Waals surface area contributed by atoms with E-state index in [-0.39, 0.29) is 12.5 Å². The van der Waals surface area contributed by atoms with Crippen molar-refractivity contribution in [3.63, 3.8) is 0 Å². The highest BCUT2D eigenvalue weighted by Crippen LogP contribution is 2.19. The highest BCUT2D eigenvalue weighted by atomic mass is 32.2. The van der Waals surface area contributed by atoms with E-state index in [1.165, 1.54) is 16.1 Å². The van der Waals surface area contributed by atoms with Crippen LogP contribution in [0.3, 0.4) is 0 Å². The molecular weight excluding hydrogens is 340 g/mol. The largest absolute Gasteiger partial charge is 0.484 e. The van der Waals surface area contributed by atoms with Crippen molar-refractivity contribution in [2.45, 2.75) is 32.6 Å². The highest BCUT2D eigenvalue weighted by Gasteiger charge is 2.24. The number of sulfonamides is 1. The predicted octanol–water partition coefficient (Wildman–Crippen LogP) is 1.98. The first kappa shape index (κ1) is 19.7. The van der Waals surface area contributed by atoms with Crippen LogP contribution in [0.1, 0.15) is 38.2 Å². The molecule has 6 nitrogen and oxygen atoms in total. The van der Waals surface area contributed by atoms with Crippen molar-refractivity contribution < 1.29 is 17.9 Å². The van der Waals surface area contributed by atoms with E-state index in [1.807, 2.05) is 24.3 Å². The Bertz CT molecular complexity index is 663. The Kier molecular flexibility index (Phi) is 6.84. The molecule has 2 rings (SSSR count). The molecule has 7 heteroatoms. The lowest BCUT2D eigenvalue weighted by Gasteiger charge is -2.30. The SMILES string of the molecule is CC(C)c1ccc(OCC(=O)NCC2CCN(S(C)(=O)=O)CC2)cc1. The van der Waals surface area contributed by atoms with Crippen LogP contribution in [0.2, 0.25) is 0 Å². The smallest absolute Gasteiger partial charge is 0.257 e. The molecule has 0 spiro atoms. The van der Waals surface area contributed by atoms with Gasteiger partial charge in [-0.25, -0.2) is 12.7 Å². The van der Waals surface area contributed by atoms with Gasteiger partial charge in [-0.15, -0.1) is 0 Å². The van der Waals surface area contributed by atoms with Crippen molar-refractivity contribution in [1.82, 2.24) is 9.62 Å². The second-order valence-electron chi connectivity index (χ2n) is 6.92. The maximum Gasteiger partial charge on any atom is 0.257 e. The summed E-state index contributed by atoms with van der Waals surface area (Å²) in [5, 5.41) is 2.87. The number of nitrogens with one attached hydrogen (secondary N) is 1. The first-order valence-electron chi connectivity index (χ1n) is 8.70. The molecule has 1 fully saturated rings. The lowest BCUT2D eigenvalue weighted by atomic mass is 9.98. The second kappa shape index (κ2) is 8.67. The topological polar surface area (TPSA) is 75.7 Å². The van der Waals surface area contributed by atoms with Crippen molar-refractivity contribution in [2.24, 2.45) is 5.92 Å². The molecule has 1 aliphatic heterocycles. The molecule has 1 aromatic carbocycles. The zero-order valence-corrected chi connectivity index (χ0v) is 16.0. The van der Waals surface area contributed by atoms with Crippen molar-refractivity contribution >= 4 is 15.9 Å². The number of amides is 1. The maximum atomic E-state index is 11.9. The van der Waals surface area contributed by atoms with Gasteiger partial charge >= 0.3 is 0 Å². The Hall–Kier alpha value is -1.60. The summed E-state index contributed by atoms with van der Waals surface area (Å²) in [4.78, 5) is 11.9. The molecule has 1 heterocycles. The minimum absolute atomic E-state index is 0.0107. The van der Waals surface area contributed by atoms with Gasteiger partial charge < -0.3 is 10.1 Å². The molecule has 1 N–H and O–H groups in total. The average molecular weight is 368 g/mol. The molecule has 1 amide bonds. The standard InChI is InChI=1S/C18H28N2O4S/c1-14(2)16-4-6-17(7-5-16)24-13-18(21)19-12-15-8-10-20(11-9-15)25(3,22)23/h4-7,14-15H,8-13H2,1-3H3,(H,19,21). The van der Waals surface area contributed by atoms with E-state index in [1.54, 1.807) is 0 Å². The summed E-state index contributed by atoms with van der Waals surface area (Å²) in [6.07, 6.45) is 2.77. The molecule has 0 bridgehead atoms. The molecule has 140 valence electrons. The Balaban J connectivity index is 1.68. The van der Waals surface area contributed by atoms with Gasteiger partial charge in [0.2, 0.25) is 10.0 Å². The summed E-state index contributed by atoms with van der Waals surface area (Å²) in [6.45, 7) is 5.86. The van der Waals surface area contributed by atoms with Gasteiger partial charge in [-0.1, -0.05) is 26.0 Å². The fraction of sp³-hybridized carbons (Fsp3) is 0.611. The van der Waals surface area contributed by atoms with Crippen LogP contribution in [0, 0.1) is 5.92 Å². The van der Waals surface area contributed by atoms with Gasteiger partial charge in [0.1, 0.15) is 5.75 Å². The summed E-state index contributed by atoms with van der Waals surface area (Å²) in [5.41, 5.74) is 1.23. The van der Waals surface area contributed by atoms with E-state index >= 15 is 0 Å². The van der Waals surface area contributed by atoms with Crippen molar-refractivity contribution in [1.29, 1.82) is 0 Å². The number of carbonyl (C=O) groups is 1. The summed E-state index contributed by atoms with van der Waals surface area (Å²) in [5.74, 6) is 1.30. The summed E-state index contributed by atoms with van der Waals surface area (Å²) < 4.78 is 30.0. The molecule has 0 unspecified atom stereocenters. The van der Waals surface area contributed by atoms with Gasteiger partial charge in [0, 0.05) is 19.6 Å². The molecule has 0 radical (unpaired) electrons. The van der Waals surface area contributed by atoms with E-state index in [2.05, 4.69) is 19.2 Å². The minimum Gasteiger partial charge on any atom is -0.484 e. The first-order valence-corrected chi connectivity index (χ1v) is 10.5. The first-order chi connectivity index (χ1) is 11.8. The van der Waals surface area contributed by atoms with Crippen molar-refractivity contribution in [3.8, 4) is 5.75 Å². The van der Waals surface area contributed by atoms with E-state index < -0.39 is 10.0 Å². The predicted molar refractivity (Wildman–Crippen MR) is 98.2 cm³/mol. The number of hydrogen-bond donors (Lipinski definition) is 1. The van der Waals surface area contributed by atoms with Crippen LogP contribution in [-0.4, -0.2) is 51.1 Å². The van der Waals surface area contributed by atoms with Gasteiger partial charge in [0.15, 0.2) is 6.61 Å². The number of carbonyl (C=O) groups excluding carboxylic acids is 1. The van der Waals surface area contributed by atoms with Gasteiger partial charge in [0.05, 0.1) is 6.26 Å². The summed E-state index contributed by atoms with van der Waals surface area (Å²) in [6, 6.07) is 7.77. The van der Waals surface area contributed by atoms with Crippen molar-refractivity contribution in [2.75, 3.05) is 32.5 Å². The third-order valence-electron chi connectivity index (χ3n) is 4.55. The normalized spacial score (nSPS) is 16.8. The molecule has 0 atom stereocenters. The number of nitrogens with zero attached hydrogens (tertiary/aromatic N) is 1. The van der Waals surface area contributed by atoms with Crippen LogP contribution in [0.5, 0.6) is 5.75 Å². The third kappa shape index (κ3) is 6.32. The van der Waals surface area contributed by atoms with Crippen LogP contribution in [0.4, 0.5) is 0 Å². The number of hydrogen-bond acceptors (Lipinski definition) is 4. The zero-order chi connectivity index (χ0) is 18.4. The molecule has 1 aromatic rings. The lowest BCUT2D eigenvalue weighted by molar-refractivity contribution is -0.123. The van der Waals surface area contributed by atoms with E-state index in [0.717, 1.165) is 12.8 Å². The van der Waals surface area contributed by atoms with Crippen LogP contribution < -0.4 is 10.1 Å². The Morgan fingerprint density at radius 2 is 1.84 bits per heavy atom. The Labute approximate surface area is 150 Å². The van der Waals surface area contributed by atoms with Gasteiger partial charge in [-0.2, -0.15) is 0 Å². The van der Waals surface area contributed by atoms with Crippen LogP contribution >= 0.6 is 0 Å². The fourth-order valence-electron chi connectivity index (χ4n) is 2.85. The maximum absolute atomic E-state index is 11.9. The van der Waals surface area contributed by atoms with E-state index in [0.29, 0.717) is 37.2 Å². The van der Waals surface area contributed by atoms with Crippen LogP contribution in [0.25, 0.3) is 0 Å². The van der Waals surface area contributed by atoms with Gasteiger partial charge in [0.25, 0.3) is 5.91 Å². The molecule has 0 aromatic heterocycles. The summed E-state index contributed by atoms with van der Waals surface area (Å²) >= 11 is 0. The Morgan fingerprint density at radius 3 is 2.36 bits per heavy atom. The molecule has 1 saturated heterocycles. The lowest BCUT2D eigenvalue weighted by Crippen LogP contribution is -2.41. The van der Waals surface area contributed by atoms with E-state index in [4.69, 9.17) is 4.74 Å². The van der Waals surface area contributed by atoms with Gasteiger partial charge in [-0.05, 0) is 42.4 Å². The summed E-state index contributed by atoms with van der Waals surface area (Å²) in [7, 11) is -3.10.